The monoisotopic (exact) mass is 262 g/mol. The highest BCUT2D eigenvalue weighted by Gasteiger charge is 2.77. The lowest BCUT2D eigenvalue weighted by molar-refractivity contribution is -0.103. The molecule has 1 aliphatic heterocycles. The lowest BCUT2D eigenvalue weighted by Crippen LogP contribution is -2.44. The zero-order valence-corrected chi connectivity index (χ0v) is 11.3. The van der Waals surface area contributed by atoms with Crippen LogP contribution < -0.4 is 0 Å². The molecule has 0 aromatic heterocycles. The fraction of sp³-hybridized carbons (Fsp3) is 1.00. The molecule has 4 unspecified atom stereocenters. The molecule has 0 bridgehead atoms. The Morgan fingerprint density at radius 3 is 2.71 bits per heavy atom. The second-order valence-corrected chi connectivity index (χ2v) is 7.54. The highest BCUT2D eigenvalue weighted by molar-refractivity contribution is 7.51. The average Bonchev–Trinajstić information content (AvgIpc) is 2.61. The number of hydrogen-bond donors (Lipinski definition) is 1. The maximum absolute atomic E-state index is 11.5. The molecular formula is C11H19O5P. The number of ether oxygens (including phenoxy) is 2. The third-order valence-corrected chi connectivity index (χ3v) is 5.04. The molecule has 0 radical (unpaired) electrons. The molecule has 98 valence electrons. The van der Waals surface area contributed by atoms with E-state index in [2.05, 4.69) is 0 Å². The number of rotatable bonds is 3. The van der Waals surface area contributed by atoms with Crippen LogP contribution in [0.5, 0.6) is 0 Å². The van der Waals surface area contributed by atoms with Crippen LogP contribution in [0.15, 0.2) is 0 Å². The Morgan fingerprint density at radius 2 is 2.12 bits per heavy atom. The molecule has 1 heterocycles. The van der Waals surface area contributed by atoms with E-state index in [1.807, 2.05) is 6.92 Å². The highest BCUT2D eigenvalue weighted by atomic mass is 31.2. The minimum absolute atomic E-state index is 0.122. The van der Waals surface area contributed by atoms with E-state index in [9.17, 15) is 9.46 Å². The first-order chi connectivity index (χ1) is 7.81. The van der Waals surface area contributed by atoms with E-state index >= 15 is 0 Å². The van der Waals surface area contributed by atoms with Gasteiger partial charge in [0.1, 0.15) is 11.7 Å². The van der Waals surface area contributed by atoms with Crippen molar-refractivity contribution in [3.63, 3.8) is 0 Å². The van der Waals surface area contributed by atoms with Crippen molar-refractivity contribution in [1.82, 2.24) is 0 Å². The van der Waals surface area contributed by atoms with E-state index in [1.54, 1.807) is 7.11 Å². The van der Waals surface area contributed by atoms with Gasteiger partial charge in [-0.1, -0.05) is 0 Å². The van der Waals surface area contributed by atoms with Crippen LogP contribution in [0.25, 0.3) is 0 Å². The van der Waals surface area contributed by atoms with Crippen LogP contribution in [-0.4, -0.2) is 42.1 Å². The Morgan fingerprint density at radius 1 is 1.41 bits per heavy atom. The van der Waals surface area contributed by atoms with Crippen molar-refractivity contribution in [1.29, 1.82) is 0 Å². The summed E-state index contributed by atoms with van der Waals surface area (Å²) in [5.74, 6) is 0.306. The van der Waals surface area contributed by atoms with Crippen molar-refractivity contribution >= 4 is 7.60 Å². The van der Waals surface area contributed by atoms with E-state index in [0.29, 0.717) is 5.92 Å². The molecule has 5 nitrogen and oxygen atoms in total. The maximum atomic E-state index is 11.5. The van der Waals surface area contributed by atoms with Crippen LogP contribution in [0, 0.1) is 5.92 Å². The first-order valence-electron chi connectivity index (χ1n) is 6.03. The predicted octanol–water partition coefficient (Wildman–Crippen LogP) is 1.54. The second kappa shape index (κ2) is 3.34. The van der Waals surface area contributed by atoms with Gasteiger partial charge in [0.2, 0.25) is 0 Å². The second-order valence-electron chi connectivity index (χ2n) is 5.75. The van der Waals surface area contributed by atoms with Crippen LogP contribution >= 0.6 is 7.60 Å². The molecule has 6 atom stereocenters. The van der Waals surface area contributed by atoms with Crippen molar-refractivity contribution in [2.45, 2.75) is 49.6 Å². The summed E-state index contributed by atoms with van der Waals surface area (Å²) >= 11 is 0. The normalized spacial score (nSPS) is 55.2. The van der Waals surface area contributed by atoms with Gasteiger partial charge in [-0.2, -0.15) is 0 Å². The minimum atomic E-state index is -3.48. The summed E-state index contributed by atoms with van der Waals surface area (Å²) in [5.41, 5.74) is -0.878. The fourth-order valence-corrected chi connectivity index (χ4v) is 4.76. The van der Waals surface area contributed by atoms with Gasteiger partial charge in [-0.15, -0.1) is 0 Å². The van der Waals surface area contributed by atoms with Crippen molar-refractivity contribution in [3.05, 3.63) is 0 Å². The molecule has 3 fully saturated rings. The SMILES string of the molecule is COC12CC3C[C@]3(OP(C)(=O)O)C1O[C@@H](C)C2. The Hall–Kier alpha value is 0.0700. The Labute approximate surface area is 101 Å². The van der Waals surface area contributed by atoms with Crippen LogP contribution in [-0.2, 0) is 18.6 Å². The quantitative estimate of drug-likeness (QED) is 0.782. The number of methoxy groups -OCH3 is 1. The molecule has 2 saturated carbocycles. The molecule has 0 amide bonds. The van der Waals surface area contributed by atoms with E-state index in [0.717, 1.165) is 19.3 Å². The third-order valence-electron chi connectivity index (χ3n) is 4.36. The Kier molecular flexibility index (Phi) is 2.38. The van der Waals surface area contributed by atoms with Crippen LogP contribution in [0.2, 0.25) is 0 Å². The van der Waals surface area contributed by atoms with E-state index in [4.69, 9.17) is 14.0 Å². The van der Waals surface area contributed by atoms with Gasteiger partial charge in [-0.05, 0) is 25.7 Å². The van der Waals surface area contributed by atoms with Crippen LogP contribution in [0.1, 0.15) is 26.2 Å². The summed E-state index contributed by atoms with van der Waals surface area (Å²) in [7, 11) is -1.79. The molecule has 3 rings (SSSR count). The van der Waals surface area contributed by atoms with Crippen molar-refractivity contribution in [2.24, 2.45) is 5.92 Å². The molecular weight excluding hydrogens is 243 g/mol. The van der Waals surface area contributed by atoms with Gasteiger partial charge >= 0.3 is 7.60 Å². The Balaban J connectivity index is 1.89. The van der Waals surface area contributed by atoms with Crippen molar-refractivity contribution in [3.8, 4) is 0 Å². The van der Waals surface area contributed by atoms with Gasteiger partial charge in [0.25, 0.3) is 0 Å². The first-order valence-corrected chi connectivity index (χ1v) is 8.05. The van der Waals surface area contributed by atoms with Gasteiger partial charge in [0.15, 0.2) is 0 Å². The topological polar surface area (TPSA) is 65.0 Å². The molecule has 6 heteroatoms. The lowest BCUT2D eigenvalue weighted by atomic mass is 9.91. The molecule has 17 heavy (non-hydrogen) atoms. The maximum Gasteiger partial charge on any atom is 0.325 e. The molecule has 2 aliphatic carbocycles. The van der Waals surface area contributed by atoms with Crippen molar-refractivity contribution in [2.75, 3.05) is 13.8 Å². The highest BCUT2D eigenvalue weighted by Crippen LogP contribution is 2.70. The van der Waals surface area contributed by atoms with Crippen LogP contribution in [0.3, 0.4) is 0 Å². The molecule has 0 spiro atoms. The lowest BCUT2D eigenvalue weighted by Gasteiger charge is -2.32. The van der Waals surface area contributed by atoms with Crippen LogP contribution in [0.4, 0.5) is 0 Å². The summed E-state index contributed by atoms with van der Waals surface area (Å²) in [6, 6.07) is 0. The number of fused-ring (bicyclic) bond motifs is 3. The molecule has 0 aromatic carbocycles. The molecule has 1 saturated heterocycles. The third kappa shape index (κ3) is 1.64. The van der Waals surface area contributed by atoms with Crippen molar-refractivity contribution < 1.29 is 23.5 Å². The summed E-state index contributed by atoms with van der Waals surface area (Å²) < 4.78 is 28.5. The Bertz CT molecular complexity index is 393. The largest absolute Gasteiger partial charge is 0.375 e. The average molecular weight is 262 g/mol. The molecule has 0 aromatic rings. The predicted molar refractivity (Wildman–Crippen MR) is 61.0 cm³/mol. The van der Waals surface area contributed by atoms with Gasteiger partial charge in [-0.25, -0.2) is 0 Å². The first kappa shape index (κ1) is 12.1. The summed E-state index contributed by atoms with van der Waals surface area (Å²) in [6.45, 7) is 3.25. The zero-order chi connectivity index (χ0) is 12.5. The standard InChI is InChI=1S/C11H19O5P/c1-7-4-10(14-2)5-8-6-11(8,9(10)15-7)16-17(3,12)13/h7-9H,4-6H2,1-3H3,(H,12,13)/t7-,8?,9?,10?,11+/m0/s1. The minimum Gasteiger partial charge on any atom is -0.375 e. The van der Waals surface area contributed by atoms with E-state index in [-0.39, 0.29) is 17.8 Å². The van der Waals surface area contributed by atoms with Gasteiger partial charge in [0.05, 0.1) is 11.7 Å². The van der Waals surface area contributed by atoms with Gasteiger partial charge in [0, 0.05) is 20.2 Å². The summed E-state index contributed by atoms with van der Waals surface area (Å²) in [4.78, 5) is 9.45. The van der Waals surface area contributed by atoms with E-state index < -0.39 is 13.2 Å². The molecule has 3 aliphatic rings. The molecule has 1 N–H and O–H groups in total. The smallest absolute Gasteiger partial charge is 0.325 e. The summed E-state index contributed by atoms with van der Waals surface area (Å²) in [5, 5.41) is 0. The number of hydrogen-bond acceptors (Lipinski definition) is 4. The van der Waals surface area contributed by atoms with Gasteiger partial charge in [-0.3, -0.25) is 9.09 Å². The zero-order valence-electron chi connectivity index (χ0n) is 10.4. The summed E-state index contributed by atoms with van der Waals surface area (Å²) in [6.07, 6.45) is 2.46. The van der Waals surface area contributed by atoms with Gasteiger partial charge < -0.3 is 14.4 Å². The van der Waals surface area contributed by atoms with E-state index in [1.165, 1.54) is 6.66 Å². The fourth-order valence-electron chi connectivity index (χ4n) is 3.81.